The zero-order valence-corrected chi connectivity index (χ0v) is 12.3. The maximum absolute atomic E-state index is 12.1. The van der Waals surface area contributed by atoms with Gasteiger partial charge in [-0.1, -0.05) is 29.8 Å². The molecule has 1 aliphatic carbocycles. The van der Waals surface area contributed by atoms with Crippen molar-refractivity contribution >= 4 is 23.5 Å². The highest BCUT2D eigenvalue weighted by atomic mass is 35.5. The van der Waals surface area contributed by atoms with Gasteiger partial charge in [0.1, 0.15) is 6.04 Å². The highest BCUT2D eigenvalue weighted by Crippen LogP contribution is 2.48. The number of carbonyl (C=O) groups excluding carboxylic acids is 1. The third kappa shape index (κ3) is 4.08. The second-order valence-electron chi connectivity index (χ2n) is 5.27. The van der Waals surface area contributed by atoms with Crippen LogP contribution in [0.25, 0.3) is 0 Å². The third-order valence-corrected chi connectivity index (χ3v) is 3.91. The van der Waals surface area contributed by atoms with E-state index in [1.165, 1.54) is 0 Å². The molecule has 1 aromatic rings. The monoisotopic (exact) mass is 307 g/mol. The second kappa shape index (κ2) is 6.76. The van der Waals surface area contributed by atoms with E-state index in [-0.39, 0.29) is 17.7 Å². The van der Waals surface area contributed by atoms with E-state index < -0.39 is 12.0 Å². The van der Waals surface area contributed by atoms with Crippen LogP contribution in [0.5, 0.6) is 0 Å². The van der Waals surface area contributed by atoms with E-state index in [4.69, 9.17) is 16.7 Å². The average molecular weight is 308 g/mol. The van der Waals surface area contributed by atoms with Gasteiger partial charge in [0.2, 0.25) is 5.91 Å². The molecule has 0 saturated heterocycles. The number of rotatable bonds is 7. The number of amides is 1. The van der Waals surface area contributed by atoms with Crippen molar-refractivity contribution in [3.05, 3.63) is 47.5 Å². The molecule has 1 amide bonds. The zero-order chi connectivity index (χ0) is 15.4. The number of nitrogens with one attached hydrogen (secondary N) is 1. The van der Waals surface area contributed by atoms with Crippen molar-refractivity contribution < 1.29 is 14.7 Å². The van der Waals surface area contributed by atoms with Crippen molar-refractivity contribution in [3.8, 4) is 0 Å². The van der Waals surface area contributed by atoms with E-state index in [2.05, 4.69) is 11.9 Å². The number of aliphatic carboxylic acids is 1. The Kier molecular flexibility index (Phi) is 5.02. The molecule has 4 nitrogen and oxygen atoms in total. The standard InChI is InChI=1S/C16H18ClNO3/c1-2-3-7-14(16(20)21)18-15(19)13-9-12(13)10-5-4-6-11(17)8-10/h2,4-6,8,12-14H,1,3,7,9H2,(H,18,19)(H,20,21). The van der Waals surface area contributed by atoms with Crippen molar-refractivity contribution in [1.29, 1.82) is 0 Å². The van der Waals surface area contributed by atoms with Gasteiger partial charge in [-0.2, -0.15) is 0 Å². The molecule has 3 atom stereocenters. The molecule has 2 N–H and O–H groups in total. The summed E-state index contributed by atoms with van der Waals surface area (Å²) in [6.07, 6.45) is 3.30. The quantitative estimate of drug-likeness (QED) is 0.761. The number of allylic oxidation sites excluding steroid dienone is 1. The van der Waals surface area contributed by atoms with Crippen molar-refractivity contribution in [1.82, 2.24) is 5.32 Å². The summed E-state index contributed by atoms with van der Waals surface area (Å²) in [6, 6.07) is 6.59. The van der Waals surface area contributed by atoms with E-state index in [1.807, 2.05) is 18.2 Å². The first kappa shape index (κ1) is 15.6. The summed E-state index contributed by atoms with van der Waals surface area (Å²) in [6.45, 7) is 3.56. The largest absolute Gasteiger partial charge is 0.480 e. The van der Waals surface area contributed by atoms with Crippen LogP contribution in [0.4, 0.5) is 0 Å². The first-order valence-corrected chi connectivity index (χ1v) is 7.30. The Hall–Kier alpha value is -1.81. The lowest BCUT2D eigenvalue weighted by Gasteiger charge is -2.13. The molecular formula is C16H18ClNO3. The van der Waals surface area contributed by atoms with E-state index in [0.717, 1.165) is 12.0 Å². The van der Waals surface area contributed by atoms with E-state index >= 15 is 0 Å². The third-order valence-electron chi connectivity index (χ3n) is 3.68. The lowest BCUT2D eigenvalue weighted by molar-refractivity contribution is -0.142. The van der Waals surface area contributed by atoms with E-state index in [0.29, 0.717) is 17.9 Å². The summed E-state index contributed by atoms with van der Waals surface area (Å²) < 4.78 is 0. The number of halogens is 1. The van der Waals surface area contributed by atoms with Gasteiger partial charge in [0.15, 0.2) is 0 Å². The fourth-order valence-electron chi connectivity index (χ4n) is 2.41. The fourth-order valence-corrected chi connectivity index (χ4v) is 2.61. The van der Waals surface area contributed by atoms with Crippen molar-refractivity contribution in [2.75, 3.05) is 0 Å². The lowest BCUT2D eigenvalue weighted by atomic mass is 10.1. The van der Waals surface area contributed by atoms with Crippen LogP contribution in [0.3, 0.4) is 0 Å². The highest BCUT2D eigenvalue weighted by molar-refractivity contribution is 6.30. The topological polar surface area (TPSA) is 66.4 Å². The van der Waals surface area contributed by atoms with E-state index in [1.54, 1.807) is 12.1 Å². The minimum Gasteiger partial charge on any atom is -0.480 e. The van der Waals surface area contributed by atoms with Gasteiger partial charge in [0.25, 0.3) is 0 Å². The molecule has 21 heavy (non-hydrogen) atoms. The van der Waals surface area contributed by atoms with Crippen LogP contribution < -0.4 is 5.32 Å². The molecule has 0 heterocycles. The summed E-state index contributed by atoms with van der Waals surface area (Å²) in [5.41, 5.74) is 1.03. The predicted octanol–water partition coefficient (Wildman–Crippen LogP) is 2.98. The molecule has 0 spiro atoms. The number of hydrogen-bond donors (Lipinski definition) is 2. The number of carboxylic acid groups (broad SMARTS) is 1. The van der Waals surface area contributed by atoms with Crippen molar-refractivity contribution in [3.63, 3.8) is 0 Å². The van der Waals surface area contributed by atoms with Crippen molar-refractivity contribution in [2.24, 2.45) is 5.92 Å². The molecule has 112 valence electrons. The molecule has 1 aromatic carbocycles. The van der Waals surface area contributed by atoms with Crippen LogP contribution in [0.15, 0.2) is 36.9 Å². The van der Waals surface area contributed by atoms with Crippen LogP contribution in [-0.4, -0.2) is 23.0 Å². The smallest absolute Gasteiger partial charge is 0.326 e. The summed E-state index contributed by atoms with van der Waals surface area (Å²) in [7, 11) is 0. The highest BCUT2D eigenvalue weighted by Gasteiger charge is 2.44. The second-order valence-corrected chi connectivity index (χ2v) is 5.71. The Morgan fingerprint density at radius 2 is 2.29 bits per heavy atom. The van der Waals surface area contributed by atoms with Crippen LogP contribution in [0.1, 0.15) is 30.7 Å². The number of carboxylic acids is 1. The molecule has 5 heteroatoms. The van der Waals surface area contributed by atoms with Gasteiger partial charge in [-0.05, 0) is 42.9 Å². The molecule has 1 fully saturated rings. The molecule has 0 radical (unpaired) electrons. The molecule has 2 rings (SSSR count). The average Bonchev–Trinajstić information content (AvgIpc) is 3.23. The Morgan fingerprint density at radius 3 is 2.90 bits per heavy atom. The summed E-state index contributed by atoms with van der Waals surface area (Å²) in [5.74, 6) is -1.23. The van der Waals surface area contributed by atoms with Gasteiger partial charge < -0.3 is 10.4 Å². The van der Waals surface area contributed by atoms with Gasteiger partial charge in [-0.3, -0.25) is 4.79 Å². The number of carbonyl (C=O) groups is 2. The SMILES string of the molecule is C=CCCC(NC(=O)C1CC1c1cccc(Cl)c1)C(=O)O. The Labute approximate surface area is 128 Å². The number of hydrogen-bond acceptors (Lipinski definition) is 2. The molecule has 0 bridgehead atoms. The zero-order valence-electron chi connectivity index (χ0n) is 11.6. The van der Waals surface area contributed by atoms with Crippen LogP contribution in [0.2, 0.25) is 5.02 Å². The minimum atomic E-state index is -1.01. The van der Waals surface area contributed by atoms with Crippen LogP contribution >= 0.6 is 11.6 Å². The molecule has 1 saturated carbocycles. The predicted molar refractivity (Wildman–Crippen MR) is 81.3 cm³/mol. The lowest BCUT2D eigenvalue weighted by Crippen LogP contribution is -2.41. The first-order valence-electron chi connectivity index (χ1n) is 6.92. The van der Waals surface area contributed by atoms with Gasteiger partial charge in [0.05, 0.1) is 0 Å². The number of benzene rings is 1. The normalized spacial score (nSPS) is 21.4. The maximum atomic E-state index is 12.1. The Bertz CT molecular complexity index is 558. The molecule has 0 aromatic heterocycles. The van der Waals surface area contributed by atoms with Gasteiger partial charge in [-0.15, -0.1) is 6.58 Å². The Balaban J connectivity index is 1.93. The van der Waals surface area contributed by atoms with E-state index in [9.17, 15) is 9.59 Å². The molecule has 1 aliphatic rings. The van der Waals surface area contributed by atoms with Gasteiger partial charge in [-0.25, -0.2) is 4.79 Å². The summed E-state index contributed by atoms with van der Waals surface area (Å²) >= 11 is 5.94. The van der Waals surface area contributed by atoms with Crippen LogP contribution in [0, 0.1) is 5.92 Å². The molecular weight excluding hydrogens is 290 g/mol. The van der Waals surface area contributed by atoms with Crippen molar-refractivity contribution in [2.45, 2.75) is 31.2 Å². The Morgan fingerprint density at radius 1 is 1.52 bits per heavy atom. The minimum absolute atomic E-state index is 0.137. The fraction of sp³-hybridized carbons (Fsp3) is 0.375. The summed E-state index contributed by atoms with van der Waals surface area (Å²) in [4.78, 5) is 23.2. The van der Waals surface area contributed by atoms with Gasteiger partial charge >= 0.3 is 5.97 Å². The molecule has 3 unspecified atom stereocenters. The first-order chi connectivity index (χ1) is 10.0. The molecule has 0 aliphatic heterocycles. The maximum Gasteiger partial charge on any atom is 0.326 e. The van der Waals surface area contributed by atoms with Gasteiger partial charge in [0, 0.05) is 10.9 Å². The summed E-state index contributed by atoms with van der Waals surface area (Å²) in [5, 5.41) is 12.4. The van der Waals surface area contributed by atoms with Crippen LogP contribution in [-0.2, 0) is 9.59 Å².